The van der Waals surface area contributed by atoms with Gasteiger partial charge >= 0.3 is 0 Å². The molecule has 1 unspecified atom stereocenters. The van der Waals surface area contributed by atoms with Crippen LogP contribution in [-0.4, -0.2) is 39.2 Å². The molecule has 1 atom stereocenters. The summed E-state index contributed by atoms with van der Waals surface area (Å²) in [5.41, 5.74) is 0. The molecule has 1 saturated carbocycles. The van der Waals surface area contributed by atoms with E-state index in [-0.39, 0.29) is 11.2 Å². The highest BCUT2D eigenvalue weighted by atomic mass is 32.2. The van der Waals surface area contributed by atoms with Gasteiger partial charge in [0.15, 0.2) is 9.84 Å². The average molecular weight is 356 g/mol. The molecular weight excluding hydrogens is 322 g/mol. The van der Waals surface area contributed by atoms with E-state index in [1.807, 2.05) is 21.0 Å². The first-order chi connectivity index (χ1) is 11.5. The molecule has 0 bridgehead atoms. The van der Waals surface area contributed by atoms with Crippen LogP contribution in [0.25, 0.3) is 0 Å². The van der Waals surface area contributed by atoms with E-state index in [0.717, 1.165) is 38.6 Å². The summed E-state index contributed by atoms with van der Waals surface area (Å²) >= 11 is 0. The van der Waals surface area contributed by atoms with Crippen molar-refractivity contribution in [3.8, 4) is 0 Å². The summed E-state index contributed by atoms with van der Waals surface area (Å²) in [6, 6.07) is 1.67. The highest BCUT2D eigenvalue weighted by Crippen LogP contribution is 2.35. The number of sulfone groups is 1. The molecule has 1 fully saturated rings. The van der Waals surface area contributed by atoms with Crippen LogP contribution in [0.4, 0.5) is 0 Å². The van der Waals surface area contributed by atoms with Crippen LogP contribution < -0.4 is 0 Å². The third kappa shape index (κ3) is 4.85. The normalized spacial score (nSPS) is 18.7. The van der Waals surface area contributed by atoms with Crippen molar-refractivity contribution in [2.75, 3.05) is 20.6 Å². The van der Waals surface area contributed by atoms with Crippen molar-refractivity contribution in [1.29, 1.82) is 0 Å². The monoisotopic (exact) mass is 355 g/mol. The Morgan fingerprint density at radius 2 is 1.88 bits per heavy atom. The lowest BCUT2D eigenvalue weighted by atomic mass is 9.94. The van der Waals surface area contributed by atoms with Gasteiger partial charge < -0.3 is 9.32 Å². The summed E-state index contributed by atoms with van der Waals surface area (Å²) in [6.07, 6.45) is 10.7. The molecule has 4 nitrogen and oxygen atoms in total. The lowest BCUT2D eigenvalue weighted by Crippen LogP contribution is -2.33. The highest BCUT2D eigenvalue weighted by molar-refractivity contribution is 7.92. The molecule has 138 valence electrons. The number of rotatable bonds is 8. The van der Waals surface area contributed by atoms with Gasteiger partial charge in [-0.3, -0.25) is 0 Å². The van der Waals surface area contributed by atoms with E-state index in [2.05, 4.69) is 4.90 Å². The fraction of sp³-hybridized carbons (Fsp3) is 0.789. The van der Waals surface area contributed by atoms with Crippen molar-refractivity contribution in [2.24, 2.45) is 5.92 Å². The Morgan fingerprint density at radius 1 is 1.21 bits per heavy atom. The van der Waals surface area contributed by atoms with Gasteiger partial charge in [0.1, 0.15) is 10.7 Å². The Morgan fingerprint density at radius 3 is 2.46 bits per heavy atom. The second-order valence-electron chi connectivity index (χ2n) is 7.39. The SMILES string of the molecule is CCCc1occc1S(=O)(=O)C(CCN(C)C)C1CCCCCC1. The minimum absolute atomic E-state index is 0.279. The van der Waals surface area contributed by atoms with Gasteiger partial charge in [0.25, 0.3) is 0 Å². The smallest absolute Gasteiger partial charge is 0.184 e. The van der Waals surface area contributed by atoms with Gasteiger partial charge in [-0.15, -0.1) is 0 Å². The molecule has 0 N–H and O–H groups in total. The van der Waals surface area contributed by atoms with Gasteiger partial charge in [0.05, 0.1) is 11.5 Å². The molecule has 1 aliphatic rings. The zero-order chi connectivity index (χ0) is 17.6. The molecule has 1 aromatic rings. The molecule has 24 heavy (non-hydrogen) atoms. The lowest BCUT2D eigenvalue weighted by molar-refractivity contribution is 0.347. The number of hydrogen-bond acceptors (Lipinski definition) is 4. The summed E-state index contributed by atoms with van der Waals surface area (Å²) in [4.78, 5) is 2.53. The van der Waals surface area contributed by atoms with Crippen LogP contribution in [0.15, 0.2) is 21.6 Å². The van der Waals surface area contributed by atoms with E-state index >= 15 is 0 Å². The zero-order valence-electron chi connectivity index (χ0n) is 15.5. The van der Waals surface area contributed by atoms with Crippen molar-refractivity contribution in [3.63, 3.8) is 0 Å². The fourth-order valence-corrected chi connectivity index (χ4v) is 6.10. The van der Waals surface area contributed by atoms with Crippen LogP contribution in [0.5, 0.6) is 0 Å². The first kappa shape index (κ1) is 19.5. The van der Waals surface area contributed by atoms with Gasteiger partial charge in [0, 0.05) is 6.42 Å². The van der Waals surface area contributed by atoms with Gasteiger partial charge in [-0.1, -0.05) is 32.6 Å². The Labute approximate surface area is 147 Å². The van der Waals surface area contributed by atoms with Gasteiger partial charge in [0.2, 0.25) is 0 Å². The molecule has 0 spiro atoms. The maximum absolute atomic E-state index is 13.4. The Hall–Kier alpha value is -0.810. The standard InChI is InChI=1S/C19H33NO3S/c1-4-9-17-19(13-15-23-17)24(21,22)18(12-14-20(2)3)16-10-7-5-6-8-11-16/h13,15-16,18H,4-12,14H2,1-3H3. The third-order valence-corrected chi connectivity index (χ3v) is 7.57. The van der Waals surface area contributed by atoms with Gasteiger partial charge in [-0.2, -0.15) is 0 Å². The van der Waals surface area contributed by atoms with Crippen LogP contribution in [0.3, 0.4) is 0 Å². The van der Waals surface area contributed by atoms with E-state index in [9.17, 15) is 8.42 Å². The average Bonchev–Trinajstić information content (AvgIpc) is 2.83. The minimum atomic E-state index is -3.34. The summed E-state index contributed by atoms with van der Waals surface area (Å²) in [5, 5.41) is -0.286. The molecule has 1 aromatic heterocycles. The minimum Gasteiger partial charge on any atom is -0.468 e. The van der Waals surface area contributed by atoms with Crippen molar-refractivity contribution in [2.45, 2.75) is 74.9 Å². The second-order valence-corrected chi connectivity index (χ2v) is 9.52. The summed E-state index contributed by atoms with van der Waals surface area (Å²) in [6.45, 7) is 2.86. The number of furan rings is 1. The summed E-state index contributed by atoms with van der Waals surface area (Å²) in [5.74, 6) is 0.919. The Kier molecular flexibility index (Phi) is 7.35. The molecule has 1 aliphatic carbocycles. The van der Waals surface area contributed by atoms with E-state index < -0.39 is 9.84 Å². The molecule has 0 aromatic carbocycles. The topological polar surface area (TPSA) is 50.5 Å². The third-order valence-electron chi connectivity index (χ3n) is 5.17. The first-order valence-electron chi connectivity index (χ1n) is 9.41. The largest absolute Gasteiger partial charge is 0.468 e. The van der Waals surface area contributed by atoms with Crippen molar-refractivity contribution in [3.05, 3.63) is 18.1 Å². The summed E-state index contributed by atoms with van der Waals surface area (Å²) in [7, 11) is 0.680. The highest BCUT2D eigenvalue weighted by Gasteiger charge is 2.36. The number of aryl methyl sites for hydroxylation is 1. The van der Waals surface area contributed by atoms with Crippen LogP contribution in [-0.2, 0) is 16.3 Å². The second kappa shape index (κ2) is 9.04. The number of nitrogens with zero attached hydrogens (tertiary/aromatic N) is 1. The predicted molar refractivity (Wildman–Crippen MR) is 98.0 cm³/mol. The maximum Gasteiger partial charge on any atom is 0.184 e. The van der Waals surface area contributed by atoms with E-state index in [1.54, 1.807) is 6.07 Å². The van der Waals surface area contributed by atoms with E-state index in [1.165, 1.54) is 19.1 Å². The van der Waals surface area contributed by atoms with Crippen molar-refractivity contribution in [1.82, 2.24) is 4.90 Å². The molecule has 5 heteroatoms. The quantitative estimate of drug-likeness (QED) is 0.653. The van der Waals surface area contributed by atoms with Crippen LogP contribution in [0, 0.1) is 5.92 Å². The van der Waals surface area contributed by atoms with Crippen molar-refractivity contribution < 1.29 is 12.8 Å². The van der Waals surface area contributed by atoms with E-state index in [0.29, 0.717) is 23.5 Å². The van der Waals surface area contributed by atoms with E-state index in [4.69, 9.17) is 4.42 Å². The Bertz CT molecular complexity index is 584. The molecular formula is C19H33NO3S. The van der Waals surface area contributed by atoms with Gasteiger partial charge in [-0.25, -0.2) is 8.42 Å². The molecule has 1 heterocycles. The Balaban J connectivity index is 2.30. The molecule has 0 saturated heterocycles. The predicted octanol–water partition coefficient (Wildman–Crippen LogP) is 4.30. The maximum atomic E-state index is 13.4. The van der Waals surface area contributed by atoms with Crippen molar-refractivity contribution >= 4 is 9.84 Å². The summed E-state index contributed by atoms with van der Waals surface area (Å²) < 4.78 is 32.4. The molecule has 0 radical (unpaired) electrons. The van der Waals surface area contributed by atoms with Crippen LogP contribution in [0.1, 0.15) is 64.1 Å². The van der Waals surface area contributed by atoms with Gasteiger partial charge in [-0.05, 0) is 58.3 Å². The molecule has 2 rings (SSSR count). The lowest BCUT2D eigenvalue weighted by Gasteiger charge is -2.27. The number of hydrogen-bond donors (Lipinski definition) is 0. The fourth-order valence-electron chi connectivity index (χ4n) is 3.87. The molecule has 0 aliphatic heterocycles. The first-order valence-corrected chi connectivity index (χ1v) is 11.0. The van der Waals surface area contributed by atoms with Crippen LogP contribution in [0.2, 0.25) is 0 Å². The van der Waals surface area contributed by atoms with Crippen LogP contribution >= 0.6 is 0 Å². The zero-order valence-corrected chi connectivity index (χ0v) is 16.3. The molecule has 0 amide bonds.